The van der Waals surface area contributed by atoms with Crippen molar-refractivity contribution in [2.75, 3.05) is 0 Å². The Morgan fingerprint density at radius 3 is 2.81 bits per heavy atom. The van der Waals surface area contributed by atoms with E-state index < -0.39 is 0 Å². The van der Waals surface area contributed by atoms with E-state index >= 15 is 0 Å². The summed E-state index contributed by atoms with van der Waals surface area (Å²) in [5, 5.41) is 12.0. The first-order valence-electron chi connectivity index (χ1n) is 6.55. The smallest absolute Gasteiger partial charge is 0.0588 e. The summed E-state index contributed by atoms with van der Waals surface area (Å²) in [5.41, 5.74) is 0. The Hall–Kier alpha value is -0.340. The van der Waals surface area contributed by atoms with E-state index in [1.165, 1.54) is 43.4 Å². The molecule has 1 N–H and O–H groups in total. The van der Waals surface area contributed by atoms with Gasteiger partial charge in [0, 0.05) is 11.3 Å². The molecule has 1 aliphatic rings. The number of hydrogen-bond acceptors (Lipinski definition) is 2. The molecule has 1 nitrogen and oxygen atoms in total. The fourth-order valence-electron chi connectivity index (χ4n) is 2.67. The highest BCUT2D eigenvalue weighted by atomic mass is 32.1. The number of aliphatic hydroxyl groups is 1. The maximum Gasteiger partial charge on any atom is 0.0588 e. The van der Waals surface area contributed by atoms with Crippen molar-refractivity contribution in [3.63, 3.8) is 0 Å². The summed E-state index contributed by atoms with van der Waals surface area (Å²) in [7, 11) is 0. The van der Waals surface area contributed by atoms with Crippen molar-refractivity contribution in [3.8, 4) is 0 Å². The second-order valence-corrected chi connectivity index (χ2v) is 6.05. The van der Waals surface area contributed by atoms with Crippen LogP contribution in [0.1, 0.15) is 49.8 Å². The van der Waals surface area contributed by atoms with Crippen LogP contribution in [0.15, 0.2) is 17.5 Å². The Labute approximate surface area is 103 Å². The van der Waals surface area contributed by atoms with Gasteiger partial charge in [0.15, 0.2) is 0 Å². The summed E-state index contributed by atoms with van der Waals surface area (Å²) in [4.78, 5) is 1.32. The highest BCUT2D eigenvalue weighted by Crippen LogP contribution is 2.28. The van der Waals surface area contributed by atoms with Crippen LogP contribution in [0, 0.1) is 5.92 Å². The topological polar surface area (TPSA) is 20.2 Å². The van der Waals surface area contributed by atoms with Gasteiger partial charge in [0.25, 0.3) is 0 Å². The molecular weight excluding hydrogens is 216 g/mol. The summed E-state index contributed by atoms with van der Waals surface area (Å²) < 4.78 is 0. The van der Waals surface area contributed by atoms with Crippen molar-refractivity contribution >= 4 is 11.3 Å². The van der Waals surface area contributed by atoms with Crippen LogP contribution in [0.4, 0.5) is 0 Å². The molecule has 1 aromatic rings. The predicted octanol–water partition coefficient (Wildman–Crippen LogP) is 4.01. The van der Waals surface area contributed by atoms with Gasteiger partial charge in [0.2, 0.25) is 0 Å². The molecule has 1 fully saturated rings. The van der Waals surface area contributed by atoms with Gasteiger partial charge in [-0.2, -0.15) is 0 Å². The van der Waals surface area contributed by atoms with E-state index in [1.807, 2.05) is 0 Å². The van der Waals surface area contributed by atoms with Crippen molar-refractivity contribution in [1.82, 2.24) is 0 Å². The molecule has 0 amide bonds. The number of aliphatic hydroxyl groups excluding tert-OH is 1. The molecule has 2 heteroatoms. The fourth-order valence-corrected chi connectivity index (χ4v) is 3.44. The summed E-state index contributed by atoms with van der Waals surface area (Å²) in [5.74, 6) is 0.895. The SMILES string of the molecule is OC(CCC1CCCCC1)Cc1cccs1. The largest absolute Gasteiger partial charge is 0.393 e. The average molecular weight is 238 g/mol. The third-order valence-corrected chi connectivity index (χ3v) is 4.55. The number of thiophene rings is 1. The molecule has 1 aliphatic carbocycles. The van der Waals surface area contributed by atoms with Crippen LogP contribution >= 0.6 is 11.3 Å². The highest BCUT2D eigenvalue weighted by Gasteiger charge is 2.15. The van der Waals surface area contributed by atoms with Gasteiger partial charge < -0.3 is 5.11 Å². The molecule has 0 radical (unpaired) electrons. The Bertz CT molecular complexity index is 275. The first kappa shape index (κ1) is 12.1. The molecule has 1 unspecified atom stereocenters. The second-order valence-electron chi connectivity index (χ2n) is 5.02. The number of rotatable bonds is 5. The molecule has 0 spiro atoms. The van der Waals surface area contributed by atoms with Gasteiger partial charge in [0.05, 0.1) is 6.10 Å². The average Bonchev–Trinajstić information content (AvgIpc) is 2.81. The lowest BCUT2D eigenvalue weighted by Crippen LogP contribution is -2.14. The standard InChI is InChI=1S/C14H22OS/c15-13(11-14-7-4-10-16-14)9-8-12-5-2-1-3-6-12/h4,7,10,12-13,15H,1-3,5-6,8-9,11H2. The molecule has 0 aromatic carbocycles. The third-order valence-electron chi connectivity index (χ3n) is 3.65. The molecular formula is C14H22OS. The van der Waals surface area contributed by atoms with Crippen LogP contribution in [0.2, 0.25) is 0 Å². The molecule has 0 saturated heterocycles. The first-order valence-corrected chi connectivity index (χ1v) is 7.43. The van der Waals surface area contributed by atoms with Gasteiger partial charge in [-0.05, 0) is 30.2 Å². The molecule has 1 saturated carbocycles. The van der Waals surface area contributed by atoms with Crippen LogP contribution in [-0.2, 0) is 6.42 Å². The quantitative estimate of drug-likeness (QED) is 0.821. The van der Waals surface area contributed by atoms with E-state index in [2.05, 4.69) is 17.5 Å². The monoisotopic (exact) mass is 238 g/mol. The van der Waals surface area contributed by atoms with E-state index in [4.69, 9.17) is 0 Å². The van der Waals surface area contributed by atoms with Gasteiger partial charge in [-0.15, -0.1) is 11.3 Å². The Morgan fingerprint density at radius 1 is 1.31 bits per heavy atom. The number of hydrogen-bond donors (Lipinski definition) is 1. The lowest BCUT2D eigenvalue weighted by Gasteiger charge is -2.22. The molecule has 2 rings (SSSR count). The van der Waals surface area contributed by atoms with Gasteiger partial charge in [0.1, 0.15) is 0 Å². The minimum atomic E-state index is -0.124. The summed E-state index contributed by atoms with van der Waals surface area (Å²) in [6.45, 7) is 0. The molecule has 0 aliphatic heterocycles. The Kier molecular flexibility index (Phi) is 4.86. The zero-order valence-corrected chi connectivity index (χ0v) is 10.7. The Balaban J connectivity index is 1.65. The lowest BCUT2D eigenvalue weighted by molar-refractivity contribution is 0.150. The molecule has 1 aromatic heterocycles. The molecule has 1 atom stereocenters. The predicted molar refractivity (Wildman–Crippen MR) is 69.8 cm³/mol. The third kappa shape index (κ3) is 3.91. The minimum absolute atomic E-state index is 0.124. The highest BCUT2D eigenvalue weighted by molar-refractivity contribution is 7.09. The Morgan fingerprint density at radius 2 is 2.12 bits per heavy atom. The normalized spacial score (nSPS) is 19.8. The fraction of sp³-hybridized carbons (Fsp3) is 0.714. The van der Waals surface area contributed by atoms with Gasteiger partial charge >= 0.3 is 0 Å². The summed E-state index contributed by atoms with van der Waals surface area (Å²) >= 11 is 1.75. The van der Waals surface area contributed by atoms with Gasteiger partial charge in [-0.25, -0.2) is 0 Å². The second kappa shape index (κ2) is 6.41. The molecule has 90 valence electrons. The van der Waals surface area contributed by atoms with Gasteiger partial charge in [-0.3, -0.25) is 0 Å². The van der Waals surface area contributed by atoms with E-state index in [-0.39, 0.29) is 6.10 Å². The lowest BCUT2D eigenvalue weighted by atomic mass is 9.85. The minimum Gasteiger partial charge on any atom is -0.393 e. The van der Waals surface area contributed by atoms with Crippen molar-refractivity contribution in [1.29, 1.82) is 0 Å². The van der Waals surface area contributed by atoms with E-state index in [0.29, 0.717) is 0 Å². The van der Waals surface area contributed by atoms with Crippen LogP contribution in [-0.4, -0.2) is 11.2 Å². The van der Waals surface area contributed by atoms with Crippen LogP contribution in [0.5, 0.6) is 0 Å². The first-order chi connectivity index (χ1) is 7.84. The van der Waals surface area contributed by atoms with Crippen LogP contribution < -0.4 is 0 Å². The van der Waals surface area contributed by atoms with Crippen molar-refractivity contribution in [2.24, 2.45) is 5.92 Å². The zero-order valence-electron chi connectivity index (χ0n) is 9.90. The maximum atomic E-state index is 9.96. The van der Waals surface area contributed by atoms with Crippen molar-refractivity contribution in [2.45, 2.75) is 57.5 Å². The van der Waals surface area contributed by atoms with Crippen LogP contribution in [0.3, 0.4) is 0 Å². The maximum absolute atomic E-state index is 9.96. The summed E-state index contributed by atoms with van der Waals surface area (Å²) in [6, 6.07) is 4.18. The zero-order chi connectivity index (χ0) is 11.2. The molecule has 1 heterocycles. The molecule has 16 heavy (non-hydrogen) atoms. The van der Waals surface area contributed by atoms with Gasteiger partial charge in [-0.1, -0.05) is 38.2 Å². The van der Waals surface area contributed by atoms with Crippen molar-refractivity contribution in [3.05, 3.63) is 22.4 Å². The van der Waals surface area contributed by atoms with Crippen LogP contribution in [0.25, 0.3) is 0 Å². The van der Waals surface area contributed by atoms with E-state index in [9.17, 15) is 5.11 Å². The van der Waals surface area contributed by atoms with E-state index in [1.54, 1.807) is 11.3 Å². The molecule has 0 bridgehead atoms. The van der Waals surface area contributed by atoms with E-state index in [0.717, 1.165) is 18.8 Å². The van der Waals surface area contributed by atoms with Crippen molar-refractivity contribution < 1.29 is 5.11 Å². The summed E-state index contributed by atoms with van der Waals surface area (Å²) in [6.07, 6.45) is 9.98.